The van der Waals surface area contributed by atoms with Gasteiger partial charge in [0.05, 0.1) is 7.11 Å². The van der Waals surface area contributed by atoms with E-state index in [-0.39, 0.29) is 24.2 Å². The van der Waals surface area contributed by atoms with E-state index in [1.165, 1.54) is 19.2 Å². The van der Waals surface area contributed by atoms with E-state index in [0.29, 0.717) is 5.56 Å². The van der Waals surface area contributed by atoms with Gasteiger partial charge in [-0.15, -0.1) is 0 Å². The summed E-state index contributed by atoms with van der Waals surface area (Å²) in [5.41, 5.74) is 0.184. The molecular formula is C11H12O6. The Kier molecular flexibility index (Phi) is 3.92. The zero-order valence-corrected chi connectivity index (χ0v) is 9.14. The second-order valence-corrected chi connectivity index (χ2v) is 3.39. The summed E-state index contributed by atoms with van der Waals surface area (Å²) in [4.78, 5) is 21.3. The van der Waals surface area contributed by atoms with Crippen LogP contribution in [-0.2, 0) is 11.2 Å². The normalized spacial score (nSPS) is 9.94. The van der Waals surface area contributed by atoms with Crippen LogP contribution in [0.2, 0.25) is 0 Å². The highest BCUT2D eigenvalue weighted by molar-refractivity contribution is 5.92. The molecule has 6 heteroatoms. The van der Waals surface area contributed by atoms with E-state index in [4.69, 9.17) is 14.9 Å². The third-order valence-corrected chi connectivity index (χ3v) is 2.21. The minimum absolute atomic E-state index is 0.0188. The first-order valence-corrected chi connectivity index (χ1v) is 4.80. The predicted octanol–water partition coefficient (Wildman–Crippen LogP) is 1.12. The Labute approximate surface area is 97.1 Å². The van der Waals surface area contributed by atoms with Gasteiger partial charge in [-0.2, -0.15) is 0 Å². The van der Waals surface area contributed by atoms with E-state index in [2.05, 4.69) is 0 Å². The molecule has 1 rings (SSSR count). The molecule has 0 spiro atoms. The van der Waals surface area contributed by atoms with Gasteiger partial charge in [-0.05, 0) is 24.1 Å². The molecule has 0 amide bonds. The maximum absolute atomic E-state index is 10.8. The van der Waals surface area contributed by atoms with Crippen molar-refractivity contribution in [2.75, 3.05) is 7.11 Å². The molecule has 0 aliphatic carbocycles. The summed E-state index contributed by atoms with van der Waals surface area (Å²) in [6, 6.07) is 2.66. The van der Waals surface area contributed by atoms with Gasteiger partial charge in [0.15, 0.2) is 11.5 Å². The summed E-state index contributed by atoms with van der Waals surface area (Å²) in [6.07, 6.45) is 0.0548. The van der Waals surface area contributed by atoms with E-state index in [9.17, 15) is 14.7 Å². The quantitative estimate of drug-likeness (QED) is 0.712. The third kappa shape index (κ3) is 3.10. The number of aromatic hydroxyl groups is 1. The van der Waals surface area contributed by atoms with Gasteiger partial charge in [-0.25, -0.2) is 4.79 Å². The van der Waals surface area contributed by atoms with Crippen molar-refractivity contribution in [2.45, 2.75) is 12.8 Å². The lowest BCUT2D eigenvalue weighted by atomic mass is 10.0. The Morgan fingerprint density at radius 3 is 2.41 bits per heavy atom. The van der Waals surface area contributed by atoms with Crippen LogP contribution in [0.5, 0.6) is 11.5 Å². The first-order valence-electron chi connectivity index (χ1n) is 4.80. The first-order chi connectivity index (χ1) is 7.95. The van der Waals surface area contributed by atoms with Gasteiger partial charge in [0.1, 0.15) is 5.56 Å². The van der Waals surface area contributed by atoms with Gasteiger partial charge in [0, 0.05) is 6.42 Å². The summed E-state index contributed by atoms with van der Waals surface area (Å²) >= 11 is 0. The fraction of sp³-hybridized carbons (Fsp3) is 0.273. The number of carboxylic acids is 2. The summed E-state index contributed by atoms with van der Waals surface area (Å²) in [6.45, 7) is 0. The maximum atomic E-state index is 10.8. The number of benzene rings is 1. The molecule has 1 aromatic carbocycles. The number of hydrogen-bond donors (Lipinski definition) is 3. The van der Waals surface area contributed by atoms with Crippen molar-refractivity contribution in [1.29, 1.82) is 0 Å². The second kappa shape index (κ2) is 5.20. The molecule has 0 aliphatic heterocycles. The molecule has 0 bridgehead atoms. The lowest BCUT2D eigenvalue weighted by Crippen LogP contribution is -2.02. The number of carbonyl (C=O) groups is 2. The summed E-state index contributed by atoms with van der Waals surface area (Å²) < 4.78 is 4.82. The molecule has 0 saturated carbocycles. The van der Waals surface area contributed by atoms with E-state index < -0.39 is 17.7 Å². The summed E-state index contributed by atoms with van der Waals surface area (Å²) in [5.74, 6) is -2.71. The zero-order chi connectivity index (χ0) is 13.0. The van der Waals surface area contributed by atoms with Crippen LogP contribution in [-0.4, -0.2) is 34.4 Å². The molecule has 0 radical (unpaired) electrons. The largest absolute Gasteiger partial charge is 0.504 e. The van der Waals surface area contributed by atoms with E-state index in [1.54, 1.807) is 0 Å². The van der Waals surface area contributed by atoms with E-state index >= 15 is 0 Å². The van der Waals surface area contributed by atoms with Crippen molar-refractivity contribution < 1.29 is 29.6 Å². The van der Waals surface area contributed by atoms with Crippen molar-refractivity contribution in [3.63, 3.8) is 0 Å². The van der Waals surface area contributed by atoms with Gasteiger partial charge < -0.3 is 20.1 Å². The fourth-order valence-corrected chi connectivity index (χ4v) is 1.38. The molecule has 0 aromatic heterocycles. The lowest BCUT2D eigenvalue weighted by Gasteiger charge is -2.09. The minimum Gasteiger partial charge on any atom is -0.504 e. The summed E-state index contributed by atoms with van der Waals surface area (Å²) in [5, 5.41) is 26.9. The van der Waals surface area contributed by atoms with Crippen LogP contribution in [0.4, 0.5) is 0 Å². The van der Waals surface area contributed by atoms with Crippen molar-refractivity contribution >= 4 is 11.9 Å². The molecule has 1 aromatic rings. The predicted molar refractivity (Wildman–Crippen MR) is 57.6 cm³/mol. The fourth-order valence-electron chi connectivity index (χ4n) is 1.38. The molecule has 0 unspecified atom stereocenters. The van der Waals surface area contributed by atoms with Crippen LogP contribution in [0.1, 0.15) is 22.3 Å². The van der Waals surface area contributed by atoms with Crippen LogP contribution in [0.3, 0.4) is 0 Å². The number of methoxy groups -OCH3 is 1. The number of aliphatic carboxylic acids is 1. The number of ether oxygens (including phenoxy) is 1. The van der Waals surface area contributed by atoms with Crippen molar-refractivity contribution in [1.82, 2.24) is 0 Å². The van der Waals surface area contributed by atoms with Gasteiger partial charge in [-0.3, -0.25) is 4.79 Å². The zero-order valence-electron chi connectivity index (χ0n) is 9.14. The monoisotopic (exact) mass is 240 g/mol. The molecule has 0 aliphatic rings. The van der Waals surface area contributed by atoms with Gasteiger partial charge in [-0.1, -0.05) is 0 Å². The molecule has 3 N–H and O–H groups in total. The standard InChI is InChI=1S/C11H12O6/c1-17-8-5-6(2-3-9(12)13)4-7(10(8)14)11(15)16/h4-5,14H,2-3H2,1H3,(H,12,13)(H,15,16). The lowest BCUT2D eigenvalue weighted by molar-refractivity contribution is -0.136. The Hall–Kier alpha value is -2.24. The average molecular weight is 240 g/mol. The third-order valence-electron chi connectivity index (χ3n) is 2.21. The number of aryl methyl sites for hydroxylation is 1. The smallest absolute Gasteiger partial charge is 0.339 e. The number of carboxylic acid groups (broad SMARTS) is 2. The van der Waals surface area contributed by atoms with Gasteiger partial charge >= 0.3 is 11.9 Å². The highest BCUT2D eigenvalue weighted by Gasteiger charge is 2.16. The highest BCUT2D eigenvalue weighted by atomic mass is 16.5. The number of aromatic carboxylic acids is 1. The Morgan fingerprint density at radius 2 is 1.94 bits per heavy atom. The SMILES string of the molecule is COc1cc(CCC(=O)O)cc(C(=O)O)c1O. The van der Waals surface area contributed by atoms with Crippen molar-refractivity contribution in [3.05, 3.63) is 23.3 Å². The van der Waals surface area contributed by atoms with Gasteiger partial charge in [0.25, 0.3) is 0 Å². The maximum Gasteiger partial charge on any atom is 0.339 e. The van der Waals surface area contributed by atoms with Crippen molar-refractivity contribution in [2.24, 2.45) is 0 Å². The molecule has 0 atom stereocenters. The molecule has 0 heterocycles. The minimum atomic E-state index is -1.29. The number of hydrogen-bond acceptors (Lipinski definition) is 4. The van der Waals surface area contributed by atoms with Crippen LogP contribution >= 0.6 is 0 Å². The first kappa shape index (κ1) is 12.8. The van der Waals surface area contributed by atoms with E-state index in [0.717, 1.165) is 0 Å². The van der Waals surface area contributed by atoms with Crippen LogP contribution in [0, 0.1) is 0 Å². The molecule has 0 saturated heterocycles. The number of phenols is 1. The van der Waals surface area contributed by atoms with Crippen molar-refractivity contribution in [3.8, 4) is 11.5 Å². The number of rotatable bonds is 5. The highest BCUT2D eigenvalue weighted by Crippen LogP contribution is 2.31. The molecule has 6 nitrogen and oxygen atoms in total. The molecule has 92 valence electrons. The topological polar surface area (TPSA) is 104 Å². The Morgan fingerprint density at radius 1 is 1.29 bits per heavy atom. The Balaban J connectivity index is 3.11. The van der Waals surface area contributed by atoms with Crippen LogP contribution < -0.4 is 4.74 Å². The average Bonchev–Trinajstić information content (AvgIpc) is 2.27. The second-order valence-electron chi connectivity index (χ2n) is 3.39. The van der Waals surface area contributed by atoms with Gasteiger partial charge in [0.2, 0.25) is 0 Å². The molecule has 17 heavy (non-hydrogen) atoms. The summed E-state index contributed by atoms with van der Waals surface area (Å²) in [7, 11) is 1.29. The molecular weight excluding hydrogens is 228 g/mol. The Bertz CT molecular complexity index is 452. The van der Waals surface area contributed by atoms with Crippen LogP contribution in [0.15, 0.2) is 12.1 Å². The van der Waals surface area contributed by atoms with Crippen LogP contribution in [0.25, 0.3) is 0 Å². The molecule has 0 fully saturated rings. The van der Waals surface area contributed by atoms with E-state index in [1.807, 2.05) is 0 Å².